The van der Waals surface area contributed by atoms with Gasteiger partial charge in [-0.3, -0.25) is 4.57 Å². The SMILES string of the molecule is c1ccc(-n2c3ccccc3c3cc(-c4cc5c6c(c4)c4ccc7ccccc7c4n6-c4nc6ccccc6nc4-c4ccccc4-5)ccc32)cc1. The molecule has 0 spiro atoms. The van der Waals surface area contributed by atoms with Gasteiger partial charge >= 0.3 is 0 Å². The van der Waals surface area contributed by atoms with Crippen LogP contribution in [-0.2, 0) is 0 Å². The number of para-hydroxylation sites is 4. The van der Waals surface area contributed by atoms with E-state index in [1.807, 2.05) is 12.1 Å². The fraction of sp³-hybridized carbons (Fsp3) is 0. The number of benzene rings is 8. The zero-order valence-corrected chi connectivity index (χ0v) is 28.0. The molecule has 0 saturated carbocycles. The lowest BCUT2D eigenvalue weighted by Gasteiger charge is -2.13. The average Bonchev–Trinajstić information content (AvgIpc) is 3.69. The molecular formula is C48H28N4. The molecular weight excluding hydrogens is 633 g/mol. The highest BCUT2D eigenvalue weighted by Crippen LogP contribution is 2.49. The molecule has 0 fully saturated rings. The molecule has 12 rings (SSSR count). The largest absolute Gasteiger partial charge is 0.309 e. The number of nitrogens with zero attached hydrogens (tertiary/aromatic N) is 4. The van der Waals surface area contributed by atoms with Crippen molar-refractivity contribution in [3.05, 3.63) is 170 Å². The minimum absolute atomic E-state index is 0.865. The molecule has 4 heterocycles. The molecule has 1 aliphatic heterocycles. The fourth-order valence-corrected chi connectivity index (χ4v) is 8.75. The van der Waals surface area contributed by atoms with Crippen LogP contribution in [0.25, 0.3) is 110 Å². The van der Waals surface area contributed by atoms with Crippen molar-refractivity contribution in [3.8, 4) is 45.0 Å². The van der Waals surface area contributed by atoms with Crippen LogP contribution >= 0.6 is 0 Å². The third-order valence-corrected chi connectivity index (χ3v) is 11.0. The molecule has 0 radical (unpaired) electrons. The first kappa shape index (κ1) is 27.7. The number of aromatic nitrogens is 4. The minimum atomic E-state index is 0.865. The van der Waals surface area contributed by atoms with Crippen LogP contribution < -0.4 is 0 Å². The molecule has 0 amide bonds. The second kappa shape index (κ2) is 10.3. The normalized spacial score (nSPS) is 12.2. The van der Waals surface area contributed by atoms with E-state index in [0.29, 0.717) is 0 Å². The summed E-state index contributed by atoms with van der Waals surface area (Å²) >= 11 is 0. The van der Waals surface area contributed by atoms with Crippen molar-refractivity contribution in [2.24, 2.45) is 0 Å². The van der Waals surface area contributed by atoms with Gasteiger partial charge in [-0.2, -0.15) is 0 Å². The monoisotopic (exact) mass is 660 g/mol. The van der Waals surface area contributed by atoms with Crippen molar-refractivity contribution in [2.75, 3.05) is 0 Å². The maximum atomic E-state index is 5.40. The van der Waals surface area contributed by atoms with Crippen molar-refractivity contribution < 1.29 is 0 Å². The highest BCUT2D eigenvalue weighted by atomic mass is 15.1. The molecule has 52 heavy (non-hydrogen) atoms. The van der Waals surface area contributed by atoms with E-state index in [0.717, 1.165) is 50.4 Å². The van der Waals surface area contributed by atoms with E-state index in [2.05, 4.69) is 167 Å². The lowest BCUT2D eigenvalue weighted by atomic mass is 9.92. The lowest BCUT2D eigenvalue weighted by Crippen LogP contribution is -2.02. The topological polar surface area (TPSA) is 35.6 Å². The van der Waals surface area contributed by atoms with Gasteiger partial charge in [0.05, 0.1) is 33.1 Å². The van der Waals surface area contributed by atoms with Gasteiger partial charge in [0.25, 0.3) is 0 Å². The standard InChI is InChI=1S/C48H28N4/c1-2-13-32(14-3-1)51-43-21-11-8-17-35(43)38-26-30(23-25-44(38)51)31-27-39-34-16-6-7-18-36(34)45-48(50-42-20-10-9-19-41(42)49-45)52-46-33-15-5-4-12-29(33)22-24-37(46)40(28-31)47(39)52/h1-28H. The van der Waals surface area contributed by atoms with Gasteiger partial charge in [0.2, 0.25) is 0 Å². The van der Waals surface area contributed by atoms with Crippen molar-refractivity contribution in [1.29, 1.82) is 0 Å². The Morgan fingerprint density at radius 3 is 1.94 bits per heavy atom. The Bertz CT molecular complexity index is 3290. The number of fused-ring (bicyclic) bond motifs is 14. The van der Waals surface area contributed by atoms with E-state index in [1.165, 1.54) is 60.0 Å². The highest BCUT2D eigenvalue weighted by Gasteiger charge is 2.28. The Kier molecular flexibility index (Phi) is 5.47. The summed E-state index contributed by atoms with van der Waals surface area (Å²) in [6.07, 6.45) is 0. The van der Waals surface area contributed by atoms with E-state index >= 15 is 0 Å². The minimum Gasteiger partial charge on any atom is -0.309 e. The molecule has 1 aliphatic rings. The van der Waals surface area contributed by atoms with Gasteiger partial charge in [0.15, 0.2) is 5.82 Å². The van der Waals surface area contributed by atoms with E-state index in [-0.39, 0.29) is 0 Å². The molecule has 0 bridgehead atoms. The summed E-state index contributed by atoms with van der Waals surface area (Å²) in [4.78, 5) is 10.7. The van der Waals surface area contributed by atoms with Crippen molar-refractivity contribution >= 4 is 65.4 Å². The van der Waals surface area contributed by atoms with Crippen LogP contribution in [0.15, 0.2) is 170 Å². The van der Waals surface area contributed by atoms with Gasteiger partial charge in [-0.15, -0.1) is 0 Å². The molecule has 0 aliphatic carbocycles. The van der Waals surface area contributed by atoms with Crippen LogP contribution in [0.3, 0.4) is 0 Å². The summed E-state index contributed by atoms with van der Waals surface area (Å²) in [5.41, 5.74) is 14.4. The Hall–Kier alpha value is -7.04. The maximum absolute atomic E-state index is 5.40. The Morgan fingerprint density at radius 2 is 1.06 bits per heavy atom. The molecule has 0 saturated heterocycles. The van der Waals surface area contributed by atoms with Crippen LogP contribution in [0.1, 0.15) is 0 Å². The predicted octanol–water partition coefficient (Wildman–Crippen LogP) is 12.3. The summed E-state index contributed by atoms with van der Waals surface area (Å²) in [5, 5.41) is 7.30. The van der Waals surface area contributed by atoms with E-state index in [1.54, 1.807) is 0 Å². The summed E-state index contributed by atoms with van der Waals surface area (Å²) < 4.78 is 4.78. The van der Waals surface area contributed by atoms with Crippen molar-refractivity contribution in [3.63, 3.8) is 0 Å². The van der Waals surface area contributed by atoms with Crippen LogP contribution in [-0.4, -0.2) is 19.1 Å². The first-order valence-corrected chi connectivity index (χ1v) is 17.8. The summed E-state index contributed by atoms with van der Waals surface area (Å²) in [6.45, 7) is 0. The molecule has 4 nitrogen and oxygen atoms in total. The Labute approximate surface area is 298 Å². The van der Waals surface area contributed by atoms with Gasteiger partial charge in [-0.25, -0.2) is 9.97 Å². The third-order valence-electron chi connectivity index (χ3n) is 11.0. The summed E-state index contributed by atoms with van der Waals surface area (Å²) in [7, 11) is 0. The first-order valence-electron chi connectivity index (χ1n) is 17.8. The van der Waals surface area contributed by atoms with Crippen LogP contribution in [0.5, 0.6) is 0 Å². The second-order valence-corrected chi connectivity index (χ2v) is 13.8. The lowest BCUT2D eigenvalue weighted by molar-refractivity contribution is 1.09. The van der Waals surface area contributed by atoms with Gasteiger partial charge in [0, 0.05) is 43.7 Å². The molecule has 0 N–H and O–H groups in total. The van der Waals surface area contributed by atoms with Crippen molar-refractivity contribution in [1.82, 2.24) is 19.1 Å². The smallest absolute Gasteiger partial charge is 0.165 e. The number of hydrogen-bond donors (Lipinski definition) is 0. The Balaban J connectivity index is 1.22. The molecule has 0 unspecified atom stereocenters. The molecule has 4 heteroatoms. The van der Waals surface area contributed by atoms with Crippen molar-refractivity contribution in [2.45, 2.75) is 0 Å². The zero-order valence-electron chi connectivity index (χ0n) is 28.0. The van der Waals surface area contributed by atoms with Crippen LogP contribution in [0.2, 0.25) is 0 Å². The molecule has 240 valence electrons. The van der Waals surface area contributed by atoms with Crippen LogP contribution in [0, 0.1) is 0 Å². The Morgan fingerprint density at radius 1 is 0.365 bits per heavy atom. The maximum Gasteiger partial charge on any atom is 0.165 e. The average molecular weight is 661 g/mol. The third kappa shape index (κ3) is 3.70. The van der Waals surface area contributed by atoms with Gasteiger partial charge in [0.1, 0.15) is 5.69 Å². The van der Waals surface area contributed by atoms with Crippen LogP contribution in [0.4, 0.5) is 0 Å². The summed E-state index contributed by atoms with van der Waals surface area (Å²) in [6, 6.07) is 61.3. The van der Waals surface area contributed by atoms with E-state index in [9.17, 15) is 0 Å². The van der Waals surface area contributed by atoms with Gasteiger partial charge in [-0.1, -0.05) is 115 Å². The van der Waals surface area contributed by atoms with Gasteiger partial charge in [-0.05, 0) is 76.7 Å². The predicted molar refractivity (Wildman–Crippen MR) is 216 cm³/mol. The molecule has 8 aromatic carbocycles. The number of rotatable bonds is 2. The fourth-order valence-electron chi connectivity index (χ4n) is 8.75. The zero-order chi connectivity index (χ0) is 33.9. The molecule has 0 atom stereocenters. The van der Waals surface area contributed by atoms with E-state index < -0.39 is 0 Å². The van der Waals surface area contributed by atoms with Gasteiger partial charge < -0.3 is 4.57 Å². The molecule has 11 aromatic rings. The second-order valence-electron chi connectivity index (χ2n) is 13.8. The summed E-state index contributed by atoms with van der Waals surface area (Å²) in [5.74, 6) is 0.865. The number of hydrogen-bond acceptors (Lipinski definition) is 2. The highest BCUT2D eigenvalue weighted by molar-refractivity contribution is 6.23. The van der Waals surface area contributed by atoms with E-state index in [4.69, 9.17) is 9.97 Å². The first-order chi connectivity index (χ1) is 25.8. The molecule has 3 aromatic heterocycles. The quantitative estimate of drug-likeness (QED) is 0.185.